The molecule has 0 unspecified atom stereocenters. The standard InChI is InChI=1S/C10H16N4/c1-8(2)4-14-7-13(3)5-9-10(14)12-6-11-9/h5-6,8H,4,7H2,1-3H3. The van der Waals surface area contributed by atoms with Gasteiger partial charge in [-0.2, -0.15) is 0 Å². The van der Waals surface area contributed by atoms with Crippen molar-refractivity contribution in [2.75, 3.05) is 20.3 Å². The smallest absolute Gasteiger partial charge is 0.159 e. The van der Waals surface area contributed by atoms with Crippen LogP contribution in [0.2, 0.25) is 0 Å². The summed E-state index contributed by atoms with van der Waals surface area (Å²) in [6.45, 7) is 6.37. The van der Waals surface area contributed by atoms with Gasteiger partial charge in [0, 0.05) is 19.8 Å². The normalized spacial score (nSPS) is 20.0. The fourth-order valence-electron chi connectivity index (χ4n) is 1.78. The zero-order valence-electron chi connectivity index (χ0n) is 8.94. The molecular formula is C10H16N4. The number of amidine groups is 1. The van der Waals surface area contributed by atoms with E-state index in [-0.39, 0.29) is 0 Å². The maximum atomic E-state index is 4.28. The zero-order chi connectivity index (χ0) is 10.1. The maximum absolute atomic E-state index is 4.28. The largest absolute Gasteiger partial charge is 0.361 e. The third kappa shape index (κ3) is 1.64. The highest BCUT2D eigenvalue weighted by molar-refractivity contribution is 6.06. The van der Waals surface area contributed by atoms with Crippen LogP contribution in [0.4, 0.5) is 0 Å². The Bertz CT molecular complexity index is 314. The Labute approximate surface area is 84.6 Å². The highest BCUT2D eigenvalue weighted by atomic mass is 15.4. The van der Waals surface area contributed by atoms with Gasteiger partial charge in [0.05, 0.1) is 6.67 Å². The molecule has 0 fully saturated rings. The molecule has 0 spiro atoms. The summed E-state index contributed by atoms with van der Waals surface area (Å²) < 4.78 is 0. The Balaban J connectivity index is 2.17. The van der Waals surface area contributed by atoms with E-state index in [9.17, 15) is 0 Å². The van der Waals surface area contributed by atoms with Gasteiger partial charge >= 0.3 is 0 Å². The van der Waals surface area contributed by atoms with Crippen molar-refractivity contribution in [3.8, 4) is 0 Å². The van der Waals surface area contributed by atoms with Gasteiger partial charge in [0.25, 0.3) is 0 Å². The molecule has 0 saturated carbocycles. The van der Waals surface area contributed by atoms with E-state index in [1.807, 2.05) is 6.20 Å². The summed E-state index contributed by atoms with van der Waals surface area (Å²) in [5.74, 6) is 1.67. The minimum Gasteiger partial charge on any atom is -0.361 e. The Morgan fingerprint density at radius 1 is 1.50 bits per heavy atom. The maximum Gasteiger partial charge on any atom is 0.159 e. The second-order valence-corrected chi connectivity index (χ2v) is 4.23. The minimum absolute atomic E-state index is 0.644. The summed E-state index contributed by atoms with van der Waals surface area (Å²) in [5.41, 5.74) is 0.986. The molecule has 0 aromatic heterocycles. The van der Waals surface area contributed by atoms with E-state index in [1.54, 1.807) is 6.34 Å². The van der Waals surface area contributed by atoms with Crippen molar-refractivity contribution in [2.45, 2.75) is 13.8 Å². The fraction of sp³-hybridized carbons (Fsp3) is 0.600. The van der Waals surface area contributed by atoms with Gasteiger partial charge in [-0.3, -0.25) is 0 Å². The molecule has 2 heterocycles. The molecule has 0 atom stereocenters. The van der Waals surface area contributed by atoms with Crippen LogP contribution in [-0.2, 0) is 0 Å². The monoisotopic (exact) mass is 192 g/mol. The molecule has 0 amide bonds. The van der Waals surface area contributed by atoms with Gasteiger partial charge in [0.15, 0.2) is 5.84 Å². The summed E-state index contributed by atoms with van der Waals surface area (Å²) in [7, 11) is 2.06. The molecule has 2 rings (SSSR count). The van der Waals surface area contributed by atoms with E-state index in [4.69, 9.17) is 0 Å². The van der Waals surface area contributed by atoms with Crippen molar-refractivity contribution in [1.29, 1.82) is 0 Å². The zero-order valence-corrected chi connectivity index (χ0v) is 8.94. The average molecular weight is 192 g/mol. The van der Waals surface area contributed by atoms with Crippen LogP contribution in [0.3, 0.4) is 0 Å². The molecule has 0 bridgehead atoms. The first kappa shape index (κ1) is 9.24. The lowest BCUT2D eigenvalue weighted by Gasteiger charge is -2.34. The molecular weight excluding hydrogens is 176 g/mol. The van der Waals surface area contributed by atoms with Crippen LogP contribution in [0.25, 0.3) is 0 Å². The van der Waals surface area contributed by atoms with Crippen molar-refractivity contribution < 1.29 is 0 Å². The molecule has 14 heavy (non-hydrogen) atoms. The van der Waals surface area contributed by atoms with Gasteiger partial charge in [-0.05, 0) is 5.92 Å². The predicted molar refractivity (Wildman–Crippen MR) is 58.2 cm³/mol. The number of hydrogen-bond donors (Lipinski definition) is 0. The van der Waals surface area contributed by atoms with Crippen LogP contribution in [0, 0.1) is 5.92 Å². The van der Waals surface area contributed by atoms with Crippen LogP contribution in [0.5, 0.6) is 0 Å². The molecule has 0 aromatic rings. The van der Waals surface area contributed by atoms with Crippen molar-refractivity contribution in [2.24, 2.45) is 15.9 Å². The number of aliphatic imine (C=N–C) groups is 2. The molecule has 0 aromatic carbocycles. The van der Waals surface area contributed by atoms with E-state index in [0.717, 1.165) is 24.7 Å². The molecule has 76 valence electrons. The molecule has 4 nitrogen and oxygen atoms in total. The summed E-state index contributed by atoms with van der Waals surface area (Å²) >= 11 is 0. The summed E-state index contributed by atoms with van der Waals surface area (Å²) in [5, 5.41) is 0. The van der Waals surface area contributed by atoms with Gasteiger partial charge in [-0.1, -0.05) is 13.8 Å². The van der Waals surface area contributed by atoms with Crippen LogP contribution in [0.15, 0.2) is 21.9 Å². The molecule has 0 saturated heterocycles. The number of rotatable bonds is 2. The SMILES string of the molecule is CC(C)CN1CN(C)C=C2N=CN=C21. The minimum atomic E-state index is 0.644. The highest BCUT2D eigenvalue weighted by Crippen LogP contribution is 2.17. The third-order valence-corrected chi connectivity index (χ3v) is 2.23. The predicted octanol–water partition coefficient (Wildman–Crippen LogP) is 1.13. The van der Waals surface area contributed by atoms with E-state index in [0.29, 0.717) is 5.92 Å². The molecule has 2 aliphatic rings. The number of hydrogen-bond acceptors (Lipinski definition) is 4. The molecule has 0 radical (unpaired) electrons. The molecule has 0 N–H and O–H groups in total. The Morgan fingerprint density at radius 2 is 2.29 bits per heavy atom. The lowest BCUT2D eigenvalue weighted by Crippen LogP contribution is -2.43. The summed E-state index contributed by atoms with van der Waals surface area (Å²) in [6, 6.07) is 0. The van der Waals surface area contributed by atoms with E-state index in [1.165, 1.54) is 0 Å². The second kappa shape index (κ2) is 3.44. The van der Waals surface area contributed by atoms with E-state index >= 15 is 0 Å². The Hall–Kier alpha value is -1.32. The van der Waals surface area contributed by atoms with Crippen LogP contribution in [-0.4, -0.2) is 42.2 Å². The van der Waals surface area contributed by atoms with Gasteiger partial charge in [-0.15, -0.1) is 0 Å². The number of fused-ring (bicyclic) bond motifs is 1. The van der Waals surface area contributed by atoms with Gasteiger partial charge in [0.2, 0.25) is 0 Å². The van der Waals surface area contributed by atoms with Crippen molar-refractivity contribution in [3.05, 3.63) is 11.9 Å². The second-order valence-electron chi connectivity index (χ2n) is 4.23. The lowest BCUT2D eigenvalue weighted by atomic mass is 10.2. The van der Waals surface area contributed by atoms with Gasteiger partial charge in [0.1, 0.15) is 12.0 Å². The van der Waals surface area contributed by atoms with Crippen LogP contribution < -0.4 is 0 Å². The number of nitrogens with zero attached hydrogens (tertiary/aromatic N) is 4. The summed E-state index contributed by atoms with van der Waals surface area (Å²) in [6.07, 6.45) is 3.67. The average Bonchev–Trinajstić information content (AvgIpc) is 2.50. The molecule has 4 heteroatoms. The first-order valence-electron chi connectivity index (χ1n) is 4.94. The Kier molecular flexibility index (Phi) is 2.27. The first-order valence-corrected chi connectivity index (χ1v) is 4.94. The van der Waals surface area contributed by atoms with E-state index in [2.05, 4.69) is 40.7 Å². The molecule has 2 aliphatic heterocycles. The first-order chi connectivity index (χ1) is 6.66. The topological polar surface area (TPSA) is 31.2 Å². The molecule has 0 aliphatic carbocycles. The van der Waals surface area contributed by atoms with Gasteiger partial charge < -0.3 is 9.80 Å². The van der Waals surface area contributed by atoms with Crippen molar-refractivity contribution in [3.63, 3.8) is 0 Å². The van der Waals surface area contributed by atoms with Gasteiger partial charge in [-0.25, -0.2) is 9.98 Å². The fourth-order valence-corrected chi connectivity index (χ4v) is 1.78. The van der Waals surface area contributed by atoms with Crippen molar-refractivity contribution >= 4 is 12.2 Å². The highest BCUT2D eigenvalue weighted by Gasteiger charge is 2.24. The quantitative estimate of drug-likeness (QED) is 0.656. The van der Waals surface area contributed by atoms with Crippen molar-refractivity contribution in [1.82, 2.24) is 9.80 Å². The van der Waals surface area contributed by atoms with E-state index < -0.39 is 0 Å². The van der Waals surface area contributed by atoms with Crippen LogP contribution >= 0.6 is 0 Å². The Morgan fingerprint density at radius 3 is 3.00 bits per heavy atom. The lowest BCUT2D eigenvalue weighted by molar-refractivity contribution is 0.249. The third-order valence-electron chi connectivity index (χ3n) is 2.23. The summed E-state index contributed by atoms with van der Waals surface area (Å²) in [4.78, 5) is 12.9. The van der Waals surface area contributed by atoms with Crippen LogP contribution in [0.1, 0.15) is 13.8 Å².